The van der Waals surface area contributed by atoms with Crippen molar-refractivity contribution in [1.82, 2.24) is 4.90 Å². The summed E-state index contributed by atoms with van der Waals surface area (Å²) in [5.41, 5.74) is 2.37. The first-order chi connectivity index (χ1) is 26.0. The molecule has 7 rings (SSSR count). The molecule has 2 fully saturated rings. The molecule has 4 amide bonds. The van der Waals surface area contributed by atoms with Gasteiger partial charge in [0.2, 0.25) is 18.7 Å². The maximum Gasteiger partial charge on any atom is 0.264 e. The first-order valence-corrected chi connectivity index (χ1v) is 21.5. The molecule has 3 heterocycles. The Hall–Kier alpha value is -5.14. The first-order valence-electron chi connectivity index (χ1n) is 18.5. The summed E-state index contributed by atoms with van der Waals surface area (Å²) in [6.45, 7) is 6.10. The van der Waals surface area contributed by atoms with Gasteiger partial charge in [0.1, 0.15) is 0 Å². The molecule has 4 aromatic carbocycles. The molecule has 2 saturated heterocycles. The Kier molecular flexibility index (Phi) is 10.3. The van der Waals surface area contributed by atoms with Crippen molar-refractivity contribution in [3.8, 4) is 0 Å². The van der Waals surface area contributed by atoms with Gasteiger partial charge in [0.25, 0.3) is 5.91 Å². The minimum Gasteiger partial charge on any atom is -0.432 e. The number of anilines is 5. The van der Waals surface area contributed by atoms with Crippen molar-refractivity contribution >= 4 is 61.4 Å². The molecule has 0 unspecified atom stereocenters. The van der Waals surface area contributed by atoms with Gasteiger partial charge in [0, 0.05) is 46.3 Å². The smallest absolute Gasteiger partial charge is 0.264 e. The zero-order valence-electron chi connectivity index (χ0n) is 30.7. The second kappa shape index (κ2) is 14.9. The van der Waals surface area contributed by atoms with Crippen molar-refractivity contribution < 1.29 is 33.8 Å². The van der Waals surface area contributed by atoms with E-state index in [-0.39, 0.29) is 37.4 Å². The highest BCUT2D eigenvalue weighted by molar-refractivity contribution is 6.71. The summed E-state index contributed by atoms with van der Waals surface area (Å²) in [6.07, 6.45) is 2.19. The van der Waals surface area contributed by atoms with Gasteiger partial charge in [-0.3, -0.25) is 29.0 Å². The minimum atomic E-state index is -3.10. The lowest BCUT2D eigenvalue weighted by molar-refractivity contribution is -0.150. The van der Waals surface area contributed by atoms with E-state index in [1.807, 2.05) is 117 Å². The standard InChI is InChI=1S/C42H46N4O7Si/c1-29-40(54(2,3)52)38(24-39(50)43-21-11-18-35(43)26-47)53-42(29)36-23-34(46(28-49)32-15-8-5-9-16-32)19-20-37(36)44(41(42)51)25-30-12-10-17-33(22-30)45(27-48)31-13-6-4-7-14-31/h4-10,12-17,19-20,22-23,27-29,35,38,40,47,52H,11,18,21,24-26H2,1-3H3/t29-,35-,38+,40-,42+/m0/s1. The summed E-state index contributed by atoms with van der Waals surface area (Å²) in [5.74, 6) is -1.05. The van der Waals surface area contributed by atoms with Crippen LogP contribution in [-0.4, -0.2) is 73.1 Å². The van der Waals surface area contributed by atoms with Crippen LogP contribution in [0, 0.1) is 5.92 Å². The summed E-state index contributed by atoms with van der Waals surface area (Å²) in [6, 6.07) is 31.1. The fraction of sp³-hybridized carbons (Fsp3) is 0.333. The second-order valence-corrected chi connectivity index (χ2v) is 19.0. The number of nitrogens with zero attached hydrogens (tertiary/aromatic N) is 4. The number of carbonyl (C=O) groups is 4. The summed E-state index contributed by atoms with van der Waals surface area (Å²) in [5, 5.41) is 9.97. The number of amides is 4. The van der Waals surface area contributed by atoms with E-state index in [1.165, 1.54) is 4.90 Å². The van der Waals surface area contributed by atoms with E-state index in [0.29, 0.717) is 47.0 Å². The third kappa shape index (κ3) is 6.53. The van der Waals surface area contributed by atoms with Crippen molar-refractivity contribution in [3.05, 3.63) is 114 Å². The van der Waals surface area contributed by atoms with Gasteiger partial charge >= 0.3 is 0 Å². The molecule has 0 bridgehead atoms. The molecule has 54 heavy (non-hydrogen) atoms. The molecule has 3 aliphatic rings. The number of rotatable bonds is 12. The van der Waals surface area contributed by atoms with Crippen molar-refractivity contribution in [2.45, 2.75) is 69.1 Å². The van der Waals surface area contributed by atoms with Crippen LogP contribution in [0.25, 0.3) is 0 Å². The van der Waals surface area contributed by atoms with Gasteiger partial charge in [-0.1, -0.05) is 55.5 Å². The molecule has 0 aliphatic carbocycles. The highest BCUT2D eigenvalue weighted by Crippen LogP contribution is 2.60. The predicted octanol–water partition coefficient (Wildman–Crippen LogP) is 5.99. The minimum absolute atomic E-state index is 0.0416. The molecule has 0 aromatic heterocycles. The van der Waals surface area contributed by atoms with Crippen LogP contribution >= 0.6 is 0 Å². The van der Waals surface area contributed by atoms with E-state index in [4.69, 9.17) is 4.74 Å². The number of fused-ring (bicyclic) bond motifs is 2. The molecular formula is C42H46N4O7Si. The maximum absolute atomic E-state index is 15.2. The molecule has 5 atom stereocenters. The largest absolute Gasteiger partial charge is 0.432 e. The summed E-state index contributed by atoms with van der Waals surface area (Å²) >= 11 is 0. The van der Waals surface area contributed by atoms with Crippen molar-refractivity contribution in [2.24, 2.45) is 5.92 Å². The number of para-hydroxylation sites is 2. The lowest BCUT2D eigenvalue weighted by Crippen LogP contribution is -2.46. The average Bonchev–Trinajstić information content (AvgIpc) is 3.83. The third-order valence-electron chi connectivity index (χ3n) is 11.3. The molecular weight excluding hydrogens is 701 g/mol. The van der Waals surface area contributed by atoms with Gasteiger partial charge in [0.15, 0.2) is 13.9 Å². The van der Waals surface area contributed by atoms with Crippen LogP contribution in [0.4, 0.5) is 28.4 Å². The van der Waals surface area contributed by atoms with Crippen molar-refractivity contribution in [3.63, 3.8) is 0 Å². The molecule has 12 heteroatoms. The van der Waals surface area contributed by atoms with Crippen molar-refractivity contribution in [1.29, 1.82) is 0 Å². The van der Waals surface area contributed by atoms with Crippen LogP contribution in [-0.2, 0) is 36.1 Å². The number of aliphatic hydroxyl groups excluding tert-OH is 1. The van der Waals surface area contributed by atoms with Crippen molar-refractivity contribution in [2.75, 3.05) is 27.9 Å². The number of likely N-dealkylation sites (tertiary alicyclic amines) is 1. The molecule has 0 saturated carbocycles. The Labute approximate surface area is 316 Å². The summed E-state index contributed by atoms with van der Waals surface area (Å²) in [7, 11) is -3.10. The highest BCUT2D eigenvalue weighted by Gasteiger charge is 2.66. The third-order valence-corrected chi connectivity index (χ3v) is 13.8. The highest BCUT2D eigenvalue weighted by atomic mass is 28.4. The van der Waals surface area contributed by atoms with Crippen LogP contribution in [0.3, 0.4) is 0 Å². The van der Waals surface area contributed by atoms with Crippen LogP contribution in [0.5, 0.6) is 0 Å². The lowest BCUT2D eigenvalue weighted by atomic mass is 9.82. The van der Waals surface area contributed by atoms with E-state index < -0.39 is 31.5 Å². The Morgan fingerprint density at radius 1 is 0.889 bits per heavy atom. The number of carbonyl (C=O) groups excluding carboxylic acids is 4. The summed E-state index contributed by atoms with van der Waals surface area (Å²) in [4.78, 5) is 72.2. The number of hydrogen-bond acceptors (Lipinski definition) is 7. The Morgan fingerprint density at radius 2 is 1.50 bits per heavy atom. The topological polar surface area (TPSA) is 131 Å². The van der Waals surface area contributed by atoms with E-state index in [0.717, 1.165) is 24.8 Å². The molecule has 280 valence electrons. The van der Waals surface area contributed by atoms with Gasteiger partial charge < -0.3 is 24.4 Å². The van der Waals surface area contributed by atoms with Gasteiger partial charge in [-0.15, -0.1) is 0 Å². The maximum atomic E-state index is 15.2. The fourth-order valence-corrected chi connectivity index (χ4v) is 11.5. The Morgan fingerprint density at radius 3 is 2.09 bits per heavy atom. The molecule has 11 nitrogen and oxygen atoms in total. The van der Waals surface area contributed by atoms with E-state index in [9.17, 15) is 24.3 Å². The predicted molar refractivity (Wildman–Crippen MR) is 209 cm³/mol. The molecule has 0 radical (unpaired) electrons. The van der Waals surface area contributed by atoms with E-state index in [1.54, 1.807) is 20.8 Å². The molecule has 4 aromatic rings. The zero-order chi connectivity index (χ0) is 38.2. The monoisotopic (exact) mass is 746 g/mol. The Balaban J connectivity index is 1.31. The number of benzene rings is 4. The van der Waals surface area contributed by atoms with Gasteiger partial charge in [-0.2, -0.15) is 0 Å². The van der Waals surface area contributed by atoms with Crippen LogP contribution in [0.1, 0.15) is 37.3 Å². The Bertz CT molecular complexity index is 2030. The first kappa shape index (κ1) is 37.2. The van der Waals surface area contributed by atoms with Crippen LogP contribution in [0.15, 0.2) is 103 Å². The second-order valence-electron chi connectivity index (χ2n) is 15.0. The fourth-order valence-electron chi connectivity index (χ4n) is 8.92. The number of aliphatic hydroxyl groups is 1. The average molecular weight is 747 g/mol. The zero-order valence-corrected chi connectivity index (χ0v) is 31.7. The summed E-state index contributed by atoms with van der Waals surface area (Å²) < 4.78 is 6.99. The number of ether oxygens (including phenoxy) is 1. The van der Waals surface area contributed by atoms with E-state index in [2.05, 4.69) is 0 Å². The SMILES string of the molecule is C[C@H]1[C@H]([Si](C)(C)O)[C@@H](CC(=O)N2CCC[C@H]2CO)O[C@]12C(=O)N(Cc1cccc(N(C=O)c3ccccc3)c1)c1ccc(N(C=O)c3ccccc3)cc12. The molecule has 2 N–H and O–H groups in total. The number of hydrogen-bond donors (Lipinski definition) is 2. The van der Waals surface area contributed by atoms with Crippen LogP contribution in [0.2, 0.25) is 18.6 Å². The van der Waals surface area contributed by atoms with E-state index >= 15 is 4.79 Å². The lowest BCUT2D eigenvalue weighted by Gasteiger charge is -2.33. The quantitative estimate of drug-likeness (QED) is 0.135. The van der Waals surface area contributed by atoms with Gasteiger partial charge in [-0.05, 0) is 86.1 Å². The van der Waals surface area contributed by atoms with Gasteiger partial charge in [0.05, 0.1) is 37.4 Å². The van der Waals surface area contributed by atoms with Crippen LogP contribution < -0.4 is 14.7 Å². The normalized spacial score (nSPS) is 23.5. The van der Waals surface area contributed by atoms with Gasteiger partial charge in [-0.25, -0.2) is 0 Å². The molecule has 3 aliphatic heterocycles. The molecule has 1 spiro atoms.